The molecule has 2 atom stereocenters. The molecule has 1 fully saturated rings. The Morgan fingerprint density at radius 2 is 1.91 bits per heavy atom. The van der Waals surface area contributed by atoms with Gasteiger partial charge in [-0.3, -0.25) is 4.79 Å². The summed E-state index contributed by atoms with van der Waals surface area (Å²) in [6.45, 7) is 2.59. The molecule has 2 rings (SSSR count). The summed E-state index contributed by atoms with van der Waals surface area (Å²) in [5.41, 5.74) is 8.16. The first-order chi connectivity index (χ1) is 11.0. The molecule has 1 aromatic carbocycles. The molecule has 0 aromatic heterocycles. The van der Waals surface area contributed by atoms with Gasteiger partial charge >= 0.3 is 0 Å². The number of amides is 1. The molecule has 128 valence electrons. The molecule has 23 heavy (non-hydrogen) atoms. The van der Waals surface area contributed by atoms with Gasteiger partial charge in [0.1, 0.15) is 0 Å². The number of carbonyl (C=O) groups excluding carboxylic acids is 1. The van der Waals surface area contributed by atoms with Gasteiger partial charge in [0.15, 0.2) is 11.5 Å². The molecule has 0 saturated heterocycles. The second kappa shape index (κ2) is 7.68. The van der Waals surface area contributed by atoms with Gasteiger partial charge in [-0.2, -0.15) is 0 Å². The van der Waals surface area contributed by atoms with E-state index in [1.807, 2.05) is 26.1 Å². The summed E-state index contributed by atoms with van der Waals surface area (Å²) < 4.78 is 10.7. The summed E-state index contributed by atoms with van der Waals surface area (Å²) in [5.74, 6) is 1.65. The van der Waals surface area contributed by atoms with Crippen LogP contribution >= 0.6 is 0 Å². The van der Waals surface area contributed by atoms with Crippen molar-refractivity contribution in [2.75, 3.05) is 21.3 Å². The third-order valence-corrected chi connectivity index (χ3v) is 4.69. The lowest BCUT2D eigenvalue weighted by atomic mass is 9.85. The maximum atomic E-state index is 12.7. The fourth-order valence-corrected chi connectivity index (χ4v) is 3.29. The molecule has 1 aliphatic rings. The maximum Gasteiger partial charge on any atom is 0.225 e. The van der Waals surface area contributed by atoms with Crippen LogP contribution in [-0.2, 0) is 11.3 Å². The molecule has 2 N–H and O–H groups in total. The zero-order valence-electron chi connectivity index (χ0n) is 14.6. The molecule has 0 radical (unpaired) electrons. The van der Waals surface area contributed by atoms with E-state index in [0.29, 0.717) is 18.0 Å². The van der Waals surface area contributed by atoms with E-state index in [1.165, 1.54) is 0 Å². The van der Waals surface area contributed by atoms with E-state index in [4.69, 9.17) is 15.2 Å². The molecule has 2 unspecified atom stereocenters. The second-order valence-corrected chi connectivity index (χ2v) is 6.45. The Balaban J connectivity index is 2.10. The van der Waals surface area contributed by atoms with Gasteiger partial charge < -0.3 is 20.1 Å². The third-order valence-electron chi connectivity index (χ3n) is 4.69. The van der Waals surface area contributed by atoms with Gasteiger partial charge in [0.2, 0.25) is 5.91 Å². The SMILES string of the molecule is COc1cc(C)c(CN(C)C(=O)C2CCCC(N)C2)cc1OC. The minimum atomic E-state index is 0.0594. The average molecular weight is 320 g/mol. The summed E-state index contributed by atoms with van der Waals surface area (Å²) in [4.78, 5) is 14.5. The van der Waals surface area contributed by atoms with Gasteiger partial charge in [-0.15, -0.1) is 0 Å². The van der Waals surface area contributed by atoms with Crippen molar-refractivity contribution in [2.24, 2.45) is 11.7 Å². The minimum absolute atomic E-state index is 0.0594. The van der Waals surface area contributed by atoms with Crippen molar-refractivity contribution in [2.45, 2.75) is 45.2 Å². The van der Waals surface area contributed by atoms with Crippen molar-refractivity contribution >= 4 is 5.91 Å². The summed E-state index contributed by atoms with van der Waals surface area (Å²) in [5, 5.41) is 0. The number of hydrogen-bond donors (Lipinski definition) is 1. The van der Waals surface area contributed by atoms with E-state index in [0.717, 1.165) is 36.8 Å². The number of nitrogens with two attached hydrogens (primary N) is 1. The molecule has 1 saturated carbocycles. The minimum Gasteiger partial charge on any atom is -0.493 e. The predicted molar refractivity (Wildman–Crippen MR) is 90.7 cm³/mol. The molecule has 0 bridgehead atoms. The Morgan fingerprint density at radius 1 is 1.26 bits per heavy atom. The predicted octanol–water partition coefficient (Wildman–Crippen LogP) is 2.49. The summed E-state index contributed by atoms with van der Waals surface area (Å²) in [6, 6.07) is 4.06. The van der Waals surface area contributed by atoms with Crippen LogP contribution in [0.25, 0.3) is 0 Å². The highest BCUT2D eigenvalue weighted by Crippen LogP contribution is 2.31. The molecule has 1 aliphatic carbocycles. The summed E-state index contributed by atoms with van der Waals surface area (Å²) in [6.07, 6.45) is 3.82. The Labute approximate surface area is 138 Å². The number of nitrogens with zero attached hydrogens (tertiary/aromatic N) is 1. The Kier molecular flexibility index (Phi) is 5.88. The number of methoxy groups -OCH3 is 2. The van der Waals surface area contributed by atoms with Crippen LogP contribution in [-0.4, -0.2) is 38.1 Å². The van der Waals surface area contributed by atoms with E-state index in [1.54, 1.807) is 19.1 Å². The van der Waals surface area contributed by atoms with E-state index >= 15 is 0 Å². The van der Waals surface area contributed by atoms with Crippen LogP contribution in [0, 0.1) is 12.8 Å². The van der Waals surface area contributed by atoms with Gasteiger partial charge in [-0.25, -0.2) is 0 Å². The monoisotopic (exact) mass is 320 g/mol. The van der Waals surface area contributed by atoms with Crippen LogP contribution < -0.4 is 15.2 Å². The average Bonchev–Trinajstić information content (AvgIpc) is 2.55. The van der Waals surface area contributed by atoms with Crippen LogP contribution in [0.5, 0.6) is 11.5 Å². The van der Waals surface area contributed by atoms with Crippen LogP contribution in [0.3, 0.4) is 0 Å². The zero-order valence-corrected chi connectivity index (χ0v) is 14.6. The Morgan fingerprint density at radius 3 is 2.52 bits per heavy atom. The summed E-state index contributed by atoms with van der Waals surface area (Å²) in [7, 11) is 5.10. The van der Waals surface area contributed by atoms with Gasteiger partial charge in [0.05, 0.1) is 14.2 Å². The van der Waals surface area contributed by atoms with Crippen molar-refractivity contribution in [3.05, 3.63) is 23.3 Å². The van der Waals surface area contributed by atoms with Crippen LogP contribution in [0.4, 0.5) is 0 Å². The van der Waals surface area contributed by atoms with E-state index in [-0.39, 0.29) is 17.9 Å². The highest BCUT2D eigenvalue weighted by Gasteiger charge is 2.27. The lowest BCUT2D eigenvalue weighted by molar-refractivity contribution is -0.135. The van der Waals surface area contributed by atoms with Crippen LogP contribution in [0.1, 0.15) is 36.8 Å². The number of aryl methyl sites for hydroxylation is 1. The highest BCUT2D eigenvalue weighted by molar-refractivity contribution is 5.78. The number of ether oxygens (including phenoxy) is 2. The first-order valence-corrected chi connectivity index (χ1v) is 8.18. The molecular formula is C18H28N2O3. The smallest absolute Gasteiger partial charge is 0.225 e. The fourth-order valence-electron chi connectivity index (χ4n) is 3.29. The topological polar surface area (TPSA) is 64.8 Å². The van der Waals surface area contributed by atoms with Crippen LogP contribution in [0.15, 0.2) is 12.1 Å². The van der Waals surface area contributed by atoms with Crippen molar-refractivity contribution in [1.82, 2.24) is 4.90 Å². The van der Waals surface area contributed by atoms with E-state index in [2.05, 4.69) is 0 Å². The largest absolute Gasteiger partial charge is 0.493 e. The first kappa shape index (κ1) is 17.6. The third kappa shape index (κ3) is 4.16. The van der Waals surface area contributed by atoms with E-state index < -0.39 is 0 Å². The quantitative estimate of drug-likeness (QED) is 0.905. The van der Waals surface area contributed by atoms with Crippen molar-refractivity contribution in [1.29, 1.82) is 0 Å². The molecular weight excluding hydrogens is 292 g/mol. The van der Waals surface area contributed by atoms with Gasteiger partial charge in [-0.05, 0) is 49.4 Å². The molecule has 0 heterocycles. The van der Waals surface area contributed by atoms with Crippen molar-refractivity contribution in [3.8, 4) is 11.5 Å². The van der Waals surface area contributed by atoms with Gasteiger partial charge in [0, 0.05) is 25.6 Å². The number of carbonyl (C=O) groups is 1. The maximum absolute atomic E-state index is 12.7. The first-order valence-electron chi connectivity index (χ1n) is 8.18. The normalized spacial score (nSPS) is 20.9. The molecule has 0 aliphatic heterocycles. The molecule has 1 aromatic rings. The van der Waals surface area contributed by atoms with Crippen molar-refractivity contribution in [3.63, 3.8) is 0 Å². The Hall–Kier alpha value is -1.75. The zero-order chi connectivity index (χ0) is 17.0. The van der Waals surface area contributed by atoms with E-state index in [9.17, 15) is 4.79 Å². The van der Waals surface area contributed by atoms with Gasteiger partial charge in [-0.1, -0.05) is 6.42 Å². The number of hydrogen-bond acceptors (Lipinski definition) is 4. The van der Waals surface area contributed by atoms with Crippen molar-refractivity contribution < 1.29 is 14.3 Å². The standard InChI is InChI=1S/C18H28N2O3/c1-12-8-16(22-3)17(23-4)10-14(12)11-20(2)18(21)13-6-5-7-15(19)9-13/h8,10,13,15H,5-7,9,11,19H2,1-4H3. The Bertz CT molecular complexity index is 559. The van der Waals surface area contributed by atoms with Gasteiger partial charge in [0.25, 0.3) is 0 Å². The number of rotatable bonds is 5. The second-order valence-electron chi connectivity index (χ2n) is 6.45. The lowest BCUT2D eigenvalue weighted by Gasteiger charge is -2.29. The molecule has 0 spiro atoms. The molecule has 1 amide bonds. The van der Waals surface area contributed by atoms with Crippen LogP contribution in [0.2, 0.25) is 0 Å². The number of benzene rings is 1. The highest BCUT2D eigenvalue weighted by atomic mass is 16.5. The fraction of sp³-hybridized carbons (Fsp3) is 0.611. The molecule has 5 heteroatoms. The lowest BCUT2D eigenvalue weighted by Crippen LogP contribution is -2.38. The summed E-state index contributed by atoms with van der Waals surface area (Å²) >= 11 is 0. The molecule has 5 nitrogen and oxygen atoms in total.